The van der Waals surface area contributed by atoms with Crippen LogP contribution in [0.5, 0.6) is 0 Å². The molecule has 1 unspecified atom stereocenters. The maximum Gasteiger partial charge on any atom is 0.311 e. The largest absolute Gasteiger partial charge is 0.377 e. The molecule has 1 saturated heterocycles. The van der Waals surface area contributed by atoms with Gasteiger partial charge in [0.05, 0.1) is 24.2 Å². The van der Waals surface area contributed by atoms with Crippen LogP contribution in [-0.4, -0.2) is 42.3 Å². The molecule has 2 rings (SSSR count). The molecule has 0 aliphatic carbocycles. The summed E-state index contributed by atoms with van der Waals surface area (Å²) in [5.41, 5.74) is 0.0531. The van der Waals surface area contributed by atoms with Crippen molar-refractivity contribution in [2.24, 2.45) is 0 Å². The van der Waals surface area contributed by atoms with E-state index in [0.29, 0.717) is 31.4 Å². The van der Waals surface area contributed by atoms with Gasteiger partial charge >= 0.3 is 5.69 Å². The lowest BCUT2D eigenvalue weighted by atomic mass is 10.1. The zero-order valence-corrected chi connectivity index (χ0v) is 12.5. The van der Waals surface area contributed by atoms with Crippen molar-refractivity contribution < 1.29 is 9.66 Å². The predicted molar refractivity (Wildman–Crippen MR) is 81.9 cm³/mol. The highest BCUT2D eigenvalue weighted by atomic mass is 16.6. The SMILES string of the molecule is CCCNc1ccc([N+](=O)[O-])c(N2CCOCC2CC)n1. The Morgan fingerprint density at radius 1 is 1.52 bits per heavy atom. The van der Waals surface area contributed by atoms with Crippen molar-refractivity contribution in [1.29, 1.82) is 0 Å². The van der Waals surface area contributed by atoms with E-state index < -0.39 is 0 Å². The van der Waals surface area contributed by atoms with Crippen LogP contribution in [0.4, 0.5) is 17.3 Å². The van der Waals surface area contributed by atoms with Gasteiger partial charge in [0.2, 0.25) is 5.82 Å². The first-order chi connectivity index (χ1) is 10.2. The highest BCUT2D eigenvalue weighted by Gasteiger charge is 2.29. The number of aromatic nitrogens is 1. The average molecular weight is 294 g/mol. The molecular formula is C14H22N4O3. The second kappa shape index (κ2) is 7.21. The summed E-state index contributed by atoms with van der Waals surface area (Å²) >= 11 is 0. The summed E-state index contributed by atoms with van der Waals surface area (Å²) in [4.78, 5) is 17.4. The van der Waals surface area contributed by atoms with Gasteiger partial charge in [0.15, 0.2) is 0 Å². The monoisotopic (exact) mass is 294 g/mol. The third kappa shape index (κ3) is 3.60. The van der Waals surface area contributed by atoms with Crippen LogP contribution >= 0.6 is 0 Å². The molecule has 0 saturated carbocycles. The minimum Gasteiger partial charge on any atom is -0.377 e. The van der Waals surface area contributed by atoms with Gasteiger partial charge in [-0.1, -0.05) is 13.8 Å². The van der Waals surface area contributed by atoms with Crippen molar-refractivity contribution in [3.05, 3.63) is 22.2 Å². The molecule has 0 aromatic carbocycles. The number of rotatable bonds is 6. The zero-order valence-electron chi connectivity index (χ0n) is 12.5. The third-order valence-corrected chi connectivity index (χ3v) is 3.58. The van der Waals surface area contributed by atoms with Gasteiger partial charge < -0.3 is 15.0 Å². The maximum atomic E-state index is 11.3. The Kier molecular flexibility index (Phi) is 5.32. The van der Waals surface area contributed by atoms with Crippen LogP contribution in [0.1, 0.15) is 26.7 Å². The minimum absolute atomic E-state index is 0.0531. The first-order valence-corrected chi connectivity index (χ1v) is 7.41. The van der Waals surface area contributed by atoms with Crippen molar-refractivity contribution >= 4 is 17.3 Å². The van der Waals surface area contributed by atoms with Gasteiger partial charge in [-0.3, -0.25) is 10.1 Å². The topological polar surface area (TPSA) is 80.5 Å². The molecule has 1 atom stereocenters. The van der Waals surface area contributed by atoms with Gasteiger partial charge in [0, 0.05) is 19.2 Å². The molecule has 1 fully saturated rings. The smallest absolute Gasteiger partial charge is 0.311 e. The average Bonchev–Trinajstić information content (AvgIpc) is 2.52. The molecule has 1 aliphatic heterocycles. The number of morpholine rings is 1. The summed E-state index contributed by atoms with van der Waals surface area (Å²) in [5, 5.41) is 14.5. The third-order valence-electron chi connectivity index (χ3n) is 3.58. The molecular weight excluding hydrogens is 272 g/mol. The highest BCUT2D eigenvalue weighted by molar-refractivity contribution is 5.62. The van der Waals surface area contributed by atoms with E-state index in [1.54, 1.807) is 6.07 Å². The highest BCUT2D eigenvalue weighted by Crippen LogP contribution is 2.30. The van der Waals surface area contributed by atoms with E-state index in [4.69, 9.17) is 4.74 Å². The van der Waals surface area contributed by atoms with Gasteiger partial charge in [0.25, 0.3) is 0 Å². The second-order valence-electron chi connectivity index (χ2n) is 5.05. The van der Waals surface area contributed by atoms with Crippen LogP contribution in [-0.2, 0) is 4.74 Å². The molecule has 1 aromatic heterocycles. The Morgan fingerprint density at radius 2 is 2.33 bits per heavy atom. The fourth-order valence-electron chi connectivity index (χ4n) is 2.42. The summed E-state index contributed by atoms with van der Waals surface area (Å²) in [7, 11) is 0. The number of nitro groups is 1. The molecule has 7 heteroatoms. The number of nitrogens with zero attached hydrogens (tertiary/aromatic N) is 3. The van der Waals surface area contributed by atoms with Crippen molar-refractivity contribution in [2.45, 2.75) is 32.7 Å². The van der Waals surface area contributed by atoms with Gasteiger partial charge in [-0.05, 0) is 18.9 Å². The van der Waals surface area contributed by atoms with Crippen LogP contribution in [0, 0.1) is 10.1 Å². The van der Waals surface area contributed by atoms with Crippen LogP contribution in [0.25, 0.3) is 0 Å². The number of pyridine rings is 1. The molecule has 1 aliphatic rings. The number of hydrogen-bond donors (Lipinski definition) is 1. The molecule has 1 aromatic rings. The molecule has 0 amide bonds. The Morgan fingerprint density at radius 3 is 3.00 bits per heavy atom. The van der Waals surface area contributed by atoms with Gasteiger partial charge in [-0.25, -0.2) is 4.98 Å². The summed E-state index contributed by atoms with van der Waals surface area (Å²) < 4.78 is 5.47. The molecule has 0 bridgehead atoms. The number of anilines is 2. The predicted octanol–water partition coefficient (Wildman–Crippen LogP) is 2.43. The molecule has 0 radical (unpaired) electrons. The second-order valence-corrected chi connectivity index (χ2v) is 5.05. The van der Waals surface area contributed by atoms with Gasteiger partial charge in [0.1, 0.15) is 5.82 Å². The fourth-order valence-corrected chi connectivity index (χ4v) is 2.42. The first-order valence-electron chi connectivity index (χ1n) is 7.41. The Bertz CT molecular complexity index is 495. The van der Waals surface area contributed by atoms with E-state index in [9.17, 15) is 10.1 Å². The zero-order chi connectivity index (χ0) is 15.2. The van der Waals surface area contributed by atoms with Crippen LogP contribution in [0.15, 0.2) is 12.1 Å². The normalized spacial score (nSPS) is 18.6. The molecule has 0 spiro atoms. The van der Waals surface area contributed by atoms with E-state index in [2.05, 4.69) is 24.1 Å². The van der Waals surface area contributed by atoms with Crippen LogP contribution in [0.3, 0.4) is 0 Å². The van der Waals surface area contributed by atoms with Crippen LogP contribution in [0.2, 0.25) is 0 Å². The Labute approximate surface area is 124 Å². The lowest BCUT2D eigenvalue weighted by Gasteiger charge is -2.35. The summed E-state index contributed by atoms with van der Waals surface area (Å²) in [5.74, 6) is 1.12. The maximum absolute atomic E-state index is 11.3. The number of nitrogens with one attached hydrogen (secondary N) is 1. The minimum atomic E-state index is -0.367. The Balaban J connectivity index is 2.34. The summed E-state index contributed by atoms with van der Waals surface area (Å²) in [6.07, 6.45) is 1.84. The Hall–Kier alpha value is -1.89. The lowest BCUT2D eigenvalue weighted by molar-refractivity contribution is -0.384. The molecule has 116 valence electrons. The van der Waals surface area contributed by atoms with Crippen molar-refractivity contribution in [1.82, 2.24) is 4.98 Å². The van der Waals surface area contributed by atoms with E-state index in [0.717, 1.165) is 19.4 Å². The van der Waals surface area contributed by atoms with Crippen molar-refractivity contribution in [2.75, 3.05) is 36.5 Å². The number of hydrogen-bond acceptors (Lipinski definition) is 6. The lowest BCUT2D eigenvalue weighted by Crippen LogP contribution is -2.45. The molecule has 1 N–H and O–H groups in total. The van der Waals surface area contributed by atoms with Crippen molar-refractivity contribution in [3.8, 4) is 0 Å². The van der Waals surface area contributed by atoms with Crippen LogP contribution < -0.4 is 10.2 Å². The molecule has 21 heavy (non-hydrogen) atoms. The first kappa shape index (κ1) is 15.5. The summed E-state index contributed by atoms with van der Waals surface area (Å²) in [6, 6.07) is 3.33. The van der Waals surface area contributed by atoms with E-state index >= 15 is 0 Å². The van der Waals surface area contributed by atoms with E-state index in [1.165, 1.54) is 6.07 Å². The van der Waals surface area contributed by atoms with Gasteiger partial charge in [-0.15, -0.1) is 0 Å². The fraction of sp³-hybridized carbons (Fsp3) is 0.643. The van der Waals surface area contributed by atoms with Crippen molar-refractivity contribution in [3.63, 3.8) is 0 Å². The molecule has 7 nitrogen and oxygen atoms in total. The quantitative estimate of drug-likeness (QED) is 0.641. The van der Waals surface area contributed by atoms with Gasteiger partial charge in [-0.2, -0.15) is 0 Å². The summed E-state index contributed by atoms with van der Waals surface area (Å²) in [6.45, 7) is 6.70. The number of ether oxygens (including phenoxy) is 1. The van der Waals surface area contributed by atoms with E-state index in [-0.39, 0.29) is 16.7 Å². The molecule has 2 heterocycles. The van der Waals surface area contributed by atoms with E-state index in [1.807, 2.05) is 4.90 Å². The standard InChI is InChI=1S/C14H22N4O3/c1-3-7-15-13-6-5-12(18(19)20)14(16-13)17-8-9-21-10-11(17)4-2/h5-6,11H,3-4,7-10H2,1-2H3,(H,15,16).